The van der Waals surface area contributed by atoms with Crippen molar-refractivity contribution in [2.75, 3.05) is 4.72 Å². The first-order chi connectivity index (χ1) is 9.85. The molecule has 0 aliphatic heterocycles. The lowest BCUT2D eigenvalue weighted by Crippen LogP contribution is -2.15. The fourth-order valence-electron chi connectivity index (χ4n) is 1.99. The number of hydrogen-bond donors (Lipinski definition) is 2. The van der Waals surface area contributed by atoms with Crippen LogP contribution in [0.1, 0.15) is 16.7 Å². The van der Waals surface area contributed by atoms with Gasteiger partial charge in [-0.2, -0.15) is 5.26 Å². The third-order valence-corrected chi connectivity index (χ3v) is 4.59. The average Bonchev–Trinajstić information content (AvgIpc) is 2.42. The molecule has 5 nitrogen and oxygen atoms in total. The van der Waals surface area contributed by atoms with E-state index in [1.54, 1.807) is 26.0 Å². The number of para-hydroxylation sites is 1. The Morgan fingerprint density at radius 1 is 1.14 bits per heavy atom. The molecule has 21 heavy (non-hydrogen) atoms. The average molecular weight is 302 g/mol. The van der Waals surface area contributed by atoms with Crippen molar-refractivity contribution < 1.29 is 13.5 Å². The number of aryl methyl sites for hydroxylation is 2. The van der Waals surface area contributed by atoms with Crippen molar-refractivity contribution in [2.24, 2.45) is 0 Å². The number of hydrogen-bond acceptors (Lipinski definition) is 4. The maximum absolute atomic E-state index is 12.4. The molecular formula is C15H14N2O3S. The van der Waals surface area contributed by atoms with Gasteiger partial charge in [0.1, 0.15) is 5.75 Å². The predicted octanol–water partition coefficient (Wildman–Crippen LogP) is 2.68. The Kier molecular flexibility index (Phi) is 3.87. The molecule has 0 aliphatic carbocycles. The molecule has 2 N–H and O–H groups in total. The lowest BCUT2D eigenvalue weighted by molar-refractivity contribution is 0.477. The molecule has 0 radical (unpaired) electrons. The Bertz CT molecular complexity index is 816. The monoisotopic (exact) mass is 302 g/mol. The number of anilines is 1. The Hall–Kier alpha value is -2.52. The summed E-state index contributed by atoms with van der Waals surface area (Å²) >= 11 is 0. The van der Waals surface area contributed by atoms with Crippen LogP contribution in [0.4, 0.5) is 5.69 Å². The Labute approximate surface area is 123 Å². The highest BCUT2D eigenvalue weighted by molar-refractivity contribution is 7.92. The fraction of sp³-hybridized carbons (Fsp3) is 0.133. The largest absolute Gasteiger partial charge is 0.506 e. The van der Waals surface area contributed by atoms with E-state index >= 15 is 0 Å². The van der Waals surface area contributed by atoms with E-state index in [9.17, 15) is 13.5 Å². The van der Waals surface area contributed by atoms with Crippen molar-refractivity contribution in [1.29, 1.82) is 5.26 Å². The van der Waals surface area contributed by atoms with Gasteiger partial charge in [-0.25, -0.2) is 8.42 Å². The van der Waals surface area contributed by atoms with E-state index in [2.05, 4.69) is 4.72 Å². The highest BCUT2D eigenvalue weighted by atomic mass is 32.2. The zero-order valence-corrected chi connectivity index (χ0v) is 12.4. The van der Waals surface area contributed by atoms with Crippen LogP contribution in [0, 0.1) is 25.2 Å². The van der Waals surface area contributed by atoms with E-state index in [1.165, 1.54) is 24.3 Å². The van der Waals surface area contributed by atoms with Gasteiger partial charge in [-0.15, -0.1) is 0 Å². The van der Waals surface area contributed by atoms with Crippen LogP contribution in [-0.4, -0.2) is 13.5 Å². The number of benzene rings is 2. The summed E-state index contributed by atoms with van der Waals surface area (Å²) in [6, 6.07) is 11.0. The van der Waals surface area contributed by atoms with Crippen LogP contribution in [0.25, 0.3) is 0 Å². The van der Waals surface area contributed by atoms with Gasteiger partial charge in [0.15, 0.2) is 0 Å². The molecular weight excluding hydrogens is 288 g/mol. The van der Waals surface area contributed by atoms with E-state index in [-0.39, 0.29) is 16.3 Å². The molecule has 2 rings (SSSR count). The van der Waals surface area contributed by atoms with Gasteiger partial charge in [-0.3, -0.25) is 4.72 Å². The zero-order chi connectivity index (χ0) is 15.6. The van der Waals surface area contributed by atoms with E-state index in [4.69, 9.17) is 5.26 Å². The lowest BCUT2D eigenvalue weighted by atomic mass is 10.2. The minimum absolute atomic E-state index is 0.0733. The molecule has 0 spiro atoms. The smallest absolute Gasteiger partial charge is 0.262 e. The maximum Gasteiger partial charge on any atom is 0.262 e. The molecule has 0 atom stereocenters. The van der Waals surface area contributed by atoms with Gasteiger partial charge in [-0.1, -0.05) is 12.1 Å². The fourth-order valence-corrected chi connectivity index (χ4v) is 3.37. The number of rotatable bonds is 3. The van der Waals surface area contributed by atoms with Crippen LogP contribution < -0.4 is 4.72 Å². The number of phenolic OH excluding ortho intramolecular Hbond substituents is 1. The van der Waals surface area contributed by atoms with Gasteiger partial charge in [0.2, 0.25) is 0 Å². The second-order valence-electron chi connectivity index (χ2n) is 4.67. The van der Waals surface area contributed by atoms with Crippen molar-refractivity contribution in [2.45, 2.75) is 18.7 Å². The van der Waals surface area contributed by atoms with Gasteiger partial charge in [-0.05, 0) is 49.2 Å². The summed E-state index contributed by atoms with van der Waals surface area (Å²) in [5, 5.41) is 18.6. The Morgan fingerprint density at radius 2 is 1.86 bits per heavy atom. The normalized spacial score (nSPS) is 10.9. The number of nitrogens with one attached hydrogen (secondary N) is 1. The molecule has 6 heteroatoms. The van der Waals surface area contributed by atoms with Crippen molar-refractivity contribution >= 4 is 15.7 Å². The summed E-state index contributed by atoms with van der Waals surface area (Å²) in [4.78, 5) is 0.0733. The zero-order valence-electron chi connectivity index (χ0n) is 11.6. The molecule has 0 aliphatic rings. The molecule has 0 aromatic heterocycles. The van der Waals surface area contributed by atoms with Crippen LogP contribution in [0.3, 0.4) is 0 Å². The highest BCUT2D eigenvalue weighted by Gasteiger charge is 2.19. The quantitative estimate of drug-likeness (QED) is 0.853. The van der Waals surface area contributed by atoms with E-state index < -0.39 is 10.0 Å². The van der Waals surface area contributed by atoms with E-state index in [0.29, 0.717) is 16.7 Å². The van der Waals surface area contributed by atoms with Gasteiger partial charge >= 0.3 is 0 Å². The van der Waals surface area contributed by atoms with E-state index in [1.807, 2.05) is 6.07 Å². The van der Waals surface area contributed by atoms with Gasteiger partial charge in [0, 0.05) is 0 Å². The Morgan fingerprint density at radius 3 is 2.43 bits per heavy atom. The van der Waals surface area contributed by atoms with Crippen molar-refractivity contribution in [3.63, 3.8) is 0 Å². The number of aromatic hydroxyl groups is 1. The number of nitrogens with zero attached hydrogens (tertiary/aromatic N) is 1. The highest BCUT2D eigenvalue weighted by Crippen LogP contribution is 2.29. The first-order valence-corrected chi connectivity index (χ1v) is 7.65. The summed E-state index contributed by atoms with van der Waals surface area (Å²) in [7, 11) is -3.83. The minimum atomic E-state index is -3.83. The van der Waals surface area contributed by atoms with Crippen LogP contribution in [-0.2, 0) is 10.0 Å². The molecule has 0 unspecified atom stereocenters. The summed E-state index contributed by atoms with van der Waals surface area (Å²) in [6.07, 6.45) is 0. The SMILES string of the molecule is Cc1cc(C#N)ccc1S(=O)(=O)Nc1c(C)cccc1O. The summed E-state index contributed by atoms with van der Waals surface area (Å²) in [6.45, 7) is 3.32. The van der Waals surface area contributed by atoms with Crippen molar-refractivity contribution in [3.8, 4) is 11.8 Å². The third-order valence-electron chi connectivity index (χ3n) is 3.08. The summed E-state index contributed by atoms with van der Waals surface area (Å²) in [5.41, 5.74) is 1.63. The van der Waals surface area contributed by atoms with Gasteiger partial charge in [0.05, 0.1) is 22.2 Å². The summed E-state index contributed by atoms with van der Waals surface area (Å²) < 4.78 is 27.2. The van der Waals surface area contributed by atoms with Crippen LogP contribution in [0.15, 0.2) is 41.3 Å². The Balaban J connectivity index is 2.47. The number of nitriles is 1. The minimum Gasteiger partial charge on any atom is -0.506 e. The molecule has 0 fully saturated rings. The van der Waals surface area contributed by atoms with Crippen molar-refractivity contribution in [3.05, 3.63) is 53.1 Å². The molecule has 0 heterocycles. The molecule has 108 valence electrons. The second-order valence-corrected chi connectivity index (χ2v) is 6.32. The van der Waals surface area contributed by atoms with E-state index in [0.717, 1.165) is 0 Å². The maximum atomic E-state index is 12.4. The van der Waals surface area contributed by atoms with Crippen molar-refractivity contribution in [1.82, 2.24) is 0 Å². The first kappa shape index (κ1) is 14.9. The number of sulfonamides is 1. The predicted molar refractivity (Wildman–Crippen MR) is 79.5 cm³/mol. The standard InChI is InChI=1S/C15H14N2O3S/c1-10-4-3-5-13(18)15(10)17-21(19,20)14-7-6-12(9-16)8-11(14)2/h3-8,17-18H,1-2H3. The molecule has 2 aromatic carbocycles. The molecule has 0 amide bonds. The molecule has 2 aromatic rings. The number of phenols is 1. The molecule has 0 saturated heterocycles. The van der Waals surface area contributed by atoms with Crippen LogP contribution >= 0.6 is 0 Å². The second kappa shape index (κ2) is 5.46. The van der Waals surface area contributed by atoms with Crippen LogP contribution in [0.5, 0.6) is 5.75 Å². The molecule has 0 bridgehead atoms. The van der Waals surface area contributed by atoms with Gasteiger partial charge < -0.3 is 5.11 Å². The lowest BCUT2D eigenvalue weighted by Gasteiger charge is -2.13. The molecule has 0 saturated carbocycles. The topological polar surface area (TPSA) is 90.2 Å². The summed E-state index contributed by atoms with van der Waals surface area (Å²) in [5.74, 6) is -0.134. The van der Waals surface area contributed by atoms with Gasteiger partial charge in [0.25, 0.3) is 10.0 Å². The first-order valence-electron chi connectivity index (χ1n) is 6.17. The third kappa shape index (κ3) is 2.98. The van der Waals surface area contributed by atoms with Crippen LogP contribution in [0.2, 0.25) is 0 Å².